The number of hydrogen-bond acceptors (Lipinski definition) is 3. The summed E-state index contributed by atoms with van der Waals surface area (Å²) in [6, 6.07) is 2.21. The average Bonchev–Trinajstić information content (AvgIpc) is 2.28. The van der Waals surface area contributed by atoms with Crippen molar-refractivity contribution in [3.63, 3.8) is 0 Å². The highest BCUT2D eigenvalue weighted by Gasteiger charge is 2.09. The van der Waals surface area contributed by atoms with Gasteiger partial charge in [-0.25, -0.2) is 9.97 Å². The van der Waals surface area contributed by atoms with Gasteiger partial charge in [0.05, 0.1) is 0 Å². The highest BCUT2D eigenvalue weighted by atomic mass is 35.5. The molecule has 0 bridgehead atoms. The largest absolute Gasteiger partial charge is 0.367 e. The van der Waals surface area contributed by atoms with Crippen molar-refractivity contribution in [3.05, 3.63) is 17.0 Å². The molecule has 0 aliphatic rings. The molecule has 0 aliphatic heterocycles. The van der Waals surface area contributed by atoms with Crippen LogP contribution >= 0.6 is 11.6 Å². The highest BCUT2D eigenvalue weighted by Crippen LogP contribution is 2.18. The van der Waals surface area contributed by atoms with Gasteiger partial charge in [-0.15, -0.1) is 0 Å². The summed E-state index contributed by atoms with van der Waals surface area (Å²) in [5.41, 5.74) is 0. The first kappa shape index (κ1) is 15.2. The molecule has 0 fully saturated rings. The fraction of sp³-hybridized carbons (Fsp3) is 0.714. The quantitative estimate of drug-likeness (QED) is 0.579. The first-order chi connectivity index (χ1) is 8.52. The third kappa shape index (κ3) is 5.21. The zero-order chi connectivity index (χ0) is 13.5. The van der Waals surface area contributed by atoms with E-state index in [4.69, 9.17) is 11.6 Å². The maximum absolute atomic E-state index is 6.01. The lowest BCUT2D eigenvalue weighted by Gasteiger charge is -2.15. The summed E-state index contributed by atoms with van der Waals surface area (Å²) >= 11 is 6.01. The zero-order valence-corrected chi connectivity index (χ0v) is 12.6. The molecule has 0 radical (unpaired) electrons. The molecule has 0 saturated carbocycles. The van der Waals surface area contributed by atoms with Crippen LogP contribution in [0.25, 0.3) is 0 Å². The third-order valence-electron chi connectivity index (χ3n) is 2.86. The van der Waals surface area contributed by atoms with Crippen LogP contribution < -0.4 is 5.32 Å². The molecule has 1 aromatic heterocycles. The first-order valence-corrected chi connectivity index (χ1v) is 7.21. The van der Waals surface area contributed by atoms with Gasteiger partial charge in [0.1, 0.15) is 16.8 Å². The number of rotatable bonds is 7. The van der Waals surface area contributed by atoms with Gasteiger partial charge in [0.25, 0.3) is 0 Å². The summed E-state index contributed by atoms with van der Waals surface area (Å²) in [5, 5.41) is 3.91. The molecular formula is C14H24ClN3. The van der Waals surface area contributed by atoms with Crippen molar-refractivity contribution >= 4 is 17.4 Å². The second-order valence-electron chi connectivity index (χ2n) is 5.13. The smallest absolute Gasteiger partial charge is 0.135 e. The molecule has 3 nitrogen and oxygen atoms in total. The summed E-state index contributed by atoms with van der Waals surface area (Å²) in [4.78, 5) is 8.73. The predicted octanol–water partition coefficient (Wildman–Crippen LogP) is 4.63. The molecule has 4 heteroatoms. The number of hydrogen-bond donors (Lipinski definition) is 1. The Morgan fingerprint density at radius 3 is 2.56 bits per heavy atom. The van der Waals surface area contributed by atoms with Crippen molar-refractivity contribution in [2.75, 3.05) is 5.32 Å². The van der Waals surface area contributed by atoms with E-state index in [-0.39, 0.29) is 0 Å². The van der Waals surface area contributed by atoms with E-state index in [1.807, 2.05) is 0 Å². The van der Waals surface area contributed by atoms with Crippen molar-refractivity contribution in [1.29, 1.82) is 0 Å². The molecule has 1 aromatic rings. The van der Waals surface area contributed by atoms with Crippen LogP contribution in [0.5, 0.6) is 0 Å². The topological polar surface area (TPSA) is 37.8 Å². The number of nitrogens with one attached hydrogen (secondary N) is 1. The van der Waals surface area contributed by atoms with Crippen molar-refractivity contribution < 1.29 is 0 Å². The lowest BCUT2D eigenvalue weighted by Crippen LogP contribution is -2.16. The Balaban J connectivity index is 2.60. The predicted molar refractivity (Wildman–Crippen MR) is 78.4 cm³/mol. The Hall–Kier alpha value is -0.830. The van der Waals surface area contributed by atoms with Gasteiger partial charge in [0.2, 0.25) is 0 Å². The first-order valence-electron chi connectivity index (χ1n) is 6.84. The molecule has 0 saturated heterocycles. The molecule has 1 N–H and O–H groups in total. The van der Waals surface area contributed by atoms with Crippen LogP contribution in [0.3, 0.4) is 0 Å². The van der Waals surface area contributed by atoms with Crippen LogP contribution in [-0.4, -0.2) is 16.0 Å². The van der Waals surface area contributed by atoms with E-state index in [0.717, 1.165) is 18.1 Å². The van der Waals surface area contributed by atoms with Crippen molar-refractivity contribution in [3.8, 4) is 0 Å². The number of anilines is 1. The Morgan fingerprint density at radius 1 is 1.22 bits per heavy atom. The third-order valence-corrected chi connectivity index (χ3v) is 3.06. The van der Waals surface area contributed by atoms with Crippen LogP contribution in [0.2, 0.25) is 5.15 Å². The van der Waals surface area contributed by atoms with E-state index in [9.17, 15) is 0 Å². The maximum Gasteiger partial charge on any atom is 0.135 e. The monoisotopic (exact) mass is 269 g/mol. The van der Waals surface area contributed by atoms with E-state index >= 15 is 0 Å². The fourth-order valence-corrected chi connectivity index (χ4v) is 1.98. The zero-order valence-electron chi connectivity index (χ0n) is 11.8. The van der Waals surface area contributed by atoms with E-state index in [2.05, 4.69) is 43.0 Å². The van der Waals surface area contributed by atoms with E-state index < -0.39 is 0 Å². The molecule has 18 heavy (non-hydrogen) atoms. The summed E-state index contributed by atoms with van der Waals surface area (Å²) in [6.45, 7) is 8.54. The Morgan fingerprint density at radius 2 is 1.94 bits per heavy atom. The molecular weight excluding hydrogens is 246 g/mol. The van der Waals surface area contributed by atoms with E-state index in [1.165, 1.54) is 19.3 Å². The standard InChI is InChI=1S/C14H24ClN3/c1-5-6-7-8-11(4)16-13-9-12(15)17-14(18-13)10(2)3/h9-11H,5-8H2,1-4H3,(H,16,17,18). The van der Waals surface area contributed by atoms with Gasteiger partial charge >= 0.3 is 0 Å². The molecule has 102 valence electrons. The van der Waals surface area contributed by atoms with Crippen LogP contribution in [0.1, 0.15) is 65.1 Å². The lowest BCUT2D eigenvalue weighted by molar-refractivity contribution is 0.613. The van der Waals surface area contributed by atoms with Crippen molar-refractivity contribution in [2.45, 2.75) is 65.3 Å². The van der Waals surface area contributed by atoms with Crippen LogP contribution in [0.4, 0.5) is 5.82 Å². The van der Waals surface area contributed by atoms with Crippen LogP contribution in [0, 0.1) is 0 Å². The maximum atomic E-state index is 6.01. The Kier molecular flexibility index (Phi) is 6.41. The molecule has 1 unspecified atom stereocenters. The number of aromatic nitrogens is 2. The molecule has 0 aliphatic carbocycles. The van der Waals surface area contributed by atoms with Crippen molar-refractivity contribution in [2.24, 2.45) is 0 Å². The molecule has 1 rings (SSSR count). The molecule has 0 spiro atoms. The SMILES string of the molecule is CCCCCC(C)Nc1cc(Cl)nc(C(C)C)n1. The fourth-order valence-electron chi connectivity index (χ4n) is 1.79. The molecule has 0 amide bonds. The normalized spacial score (nSPS) is 12.8. The number of nitrogens with zero attached hydrogens (tertiary/aromatic N) is 2. The molecule has 1 heterocycles. The highest BCUT2D eigenvalue weighted by molar-refractivity contribution is 6.29. The van der Waals surface area contributed by atoms with Gasteiger partial charge in [0, 0.05) is 18.0 Å². The van der Waals surface area contributed by atoms with Gasteiger partial charge in [0.15, 0.2) is 0 Å². The van der Waals surface area contributed by atoms with Crippen molar-refractivity contribution in [1.82, 2.24) is 9.97 Å². The minimum absolute atomic E-state index is 0.291. The van der Waals surface area contributed by atoms with E-state index in [1.54, 1.807) is 6.07 Å². The van der Waals surface area contributed by atoms with E-state index in [0.29, 0.717) is 17.1 Å². The Bertz CT molecular complexity index is 366. The molecule has 1 atom stereocenters. The van der Waals surface area contributed by atoms with Gasteiger partial charge < -0.3 is 5.32 Å². The van der Waals surface area contributed by atoms with Crippen LogP contribution in [-0.2, 0) is 0 Å². The Labute approximate surface area is 115 Å². The van der Waals surface area contributed by atoms with Gasteiger partial charge in [-0.2, -0.15) is 0 Å². The summed E-state index contributed by atoms with van der Waals surface area (Å²) in [5.74, 6) is 1.92. The number of unbranched alkanes of at least 4 members (excludes halogenated alkanes) is 2. The second-order valence-corrected chi connectivity index (χ2v) is 5.52. The number of halogens is 1. The molecule has 0 aromatic carbocycles. The second kappa shape index (κ2) is 7.57. The van der Waals surface area contributed by atoms with Crippen LogP contribution in [0.15, 0.2) is 6.07 Å². The summed E-state index contributed by atoms with van der Waals surface area (Å²) in [7, 11) is 0. The minimum Gasteiger partial charge on any atom is -0.367 e. The minimum atomic E-state index is 0.291. The van der Waals surface area contributed by atoms with Gasteiger partial charge in [-0.05, 0) is 13.3 Å². The average molecular weight is 270 g/mol. The van der Waals surface area contributed by atoms with Gasteiger partial charge in [-0.3, -0.25) is 0 Å². The van der Waals surface area contributed by atoms with Gasteiger partial charge in [-0.1, -0.05) is 51.6 Å². The summed E-state index contributed by atoms with van der Waals surface area (Å²) < 4.78 is 0. The lowest BCUT2D eigenvalue weighted by atomic mass is 10.1. The summed E-state index contributed by atoms with van der Waals surface area (Å²) in [6.07, 6.45) is 4.95.